The Labute approximate surface area is 85.6 Å². The predicted molar refractivity (Wildman–Crippen MR) is 55.2 cm³/mol. The van der Waals surface area contributed by atoms with Crippen molar-refractivity contribution in [3.63, 3.8) is 0 Å². The Bertz CT molecular complexity index is 185. The topological polar surface area (TPSA) is 41.6 Å². The number of nitrogens with zero attached hydrogens (tertiary/aromatic N) is 1. The fraction of sp³-hybridized carbons (Fsp3) is 0.900. The number of ether oxygens (including phenoxy) is 1. The zero-order valence-corrected chi connectivity index (χ0v) is 9.08. The molecule has 0 aromatic heterocycles. The Balaban J connectivity index is 2.38. The van der Waals surface area contributed by atoms with Crippen LogP contribution in [0.3, 0.4) is 0 Å². The van der Waals surface area contributed by atoms with Crippen molar-refractivity contribution in [3.8, 4) is 0 Å². The van der Waals surface area contributed by atoms with Crippen molar-refractivity contribution in [1.82, 2.24) is 10.2 Å². The molecule has 1 atom stereocenters. The molecule has 1 heterocycles. The third-order valence-electron chi connectivity index (χ3n) is 2.65. The zero-order valence-electron chi connectivity index (χ0n) is 9.08. The molecule has 1 aliphatic heterocycles. The van der Waals surface area contributed by atoms with Gasteiger partial charge < -0.3 is 15.0 Å². The van der Waals surface area contributed by atoms with Crippen LogP contribution >= 0.6 is 0 Å². The first-order valence-corrected chi connectivity index (χ1v) is 5.28. The second-order valence-corrected chi connectivity index (χ2v) is 3.68. The monoisotopic (exact) mass is 200 g/mol. The molecule has 0 amide bonds. The van der Waals surface area contributed by atoms with E-state index >= 15 is 0 Å². The first-order valence-electron chi connectivity index (χ1n) is 5.28. The van der Waals surface area contributed by atoms with E-state index < -0.39 is 0 Å². The third-order valence-corrected chi connectivity index (χ3v) is 2.65. The Morgan fingerprint density at radius 1 is 1.64 bits per heavy atom. The highest BCUT2D eigenvalue weighted by Gasteiger charge is 2.19. The lowest BCUT2D eigenvalue weighted by atomic mass is 10.2. The minimum absolute atomic E-state index is 0.125. The van der Waals surface area contributed by atoms with Crippen LogP contribution in [0.5, 0.6) is 0 Å². The molecule has 82 valence electrons. The number of hydrogen-bond acceptors (Lipinski definition) is 4. The summed E-state index contributed by atoms with van der Waals surface area (Å²) in [6, 6.07) is 0.255. The summed E-state index contributed by atoms with van der Waals surface area (Å²) in [5.41, 5.74) is 0. The van der Waals surface area contributed by atoms with E-state index in [-0.39, 0.29) is 12.0 Å². The van der Waals surface area contributed by atoms with Gasteiger partial charge in [-0.2, -0.15) is 0 Å². The molecule has 0 aliphatic carbocycles. The third kappa shape index (κ3) is 3.64. The summed E-state index contributed by atoms with van der Waals surface area (Å²) in [6.45, 7) is 6.28. The van der Waals surface area contributed by atoms with Crippen molar-refractivity contribution in [2.45, 2.75) is 25.8 Å². The van der Waals surface area contributed by atoms with Crippen molar-refractivity contribution < 1.29 is 9.53 Å². The lowest BCUT2D eigenvalue weighted by molar-refractivity contribution is -0.141. The lowest BCUT2D eigenvalue weighted by Gasteiger charge is -2.21. The lowest BCUT2D eigenvalue weighted by Crippen LogP contribution is -2.39. The Morgan fingerprint density at radius 3 is 3.07 bits per heavy atom. The van der Waals surface area contributed by atoms with Crippen LogP contribution in [0.4, 0.5) is 0 Å². The van der Waals surface area contributed by atoms with Gasteiger partial charge in [0.1, 0.15) is 0 Å². The number of rotatable bonds is 3. The van der Waals surface area contributed by atoms with Crippen LogP contribution in [0.15, 0.2) is 0 Å². The summed E-state index contributed by atoms with van der Waals surface area (Å²) in [5.74, 6) is -0.125. The summed E-state index contributed by atoms with van der Waals surface area (Å²) in [6.07, 6.45) is 1.64. The standard InChI is InChI=1S/C10H20N2O2/c1-3-12-6-4-5-11-9(8-12)7-10(13)14-2/h9,11H,3-8H2,1-2H3. The highest BCUT2D eigenvalue weighted by atomic mass is 16.5. The van der Waals surface area contributed by atoms with Crippen molar-refractivity contribution in [2.75, 3.05) is 33.3 Å². The van der Waals surface area contributed by atoms with Gasteiger partial charge in [0.05, 0.1) is 13.5 Å². The second-order valence-electron chi connectivity index (χ2n) is 3.68. The number of likely N-dealkylation sites (N-methyl/N-ethyl adjacent to an activating group) is 1. The van der Waals surface area contributed by atoms with Gasteiger partial charge in [-0.25, -0.2) is 0 Å². The van der Waals surface area contributed by atoms with Crippen LogP contribution in [0.1, 0.15) is 19.8 Å². The average Bonchev–Trinajstić information content (AvgIpc) is 2.42. The van der Waals surface area contributed by atoms with E-state index in [1.807, 2.05) is 0 Å². The fourth-order valence-electron chi connectivity index (χ4n) is 1.78. The Hall–Kier alpha value is -0.610. The van der Waals surface area contributed by atoms with Crippen LogP contribution in [0, 0.1) is 0 Å². The van der Waals surface area contributed by atoms with E-state index in [0.717, 1.165) is 32.6 Å². The van der Waals surface area contributed by atoms with Crippen molar-refractivity contribution in [2.24, 2.45) is 0 Å². The predicted octanol–water partition coefficient (Wildman–Crippen LogP) is 0.233. The minimum atomic E-state index is -0.125. The molecule has 0 bridgehead atoms. The van der Waals surface area contributed by atoms with E-state index in [1.165, 1.54) is 7.11 Å². The number of carbonyl (C=O) groups excluding carboxylic acids is 1. The fourth-order valence-corrected chi connectivity index (χ4v) is 1.78. The van der Waals surface area contributed by atoms with Gasteiger partial charge in [-0.15, -0.1) is 0 Å². The van der Waals surface area contributed by atoms with Gasteiger partial charge in [-0.05, 0) is 26.1 Å². The largest absolute Gasteiger partial charge is 0.469 e. The normalized spacial score (nSPS) is 24.3. The maximum Gasteiger partial charge on any atom is 0.307 e. The minimum Gasteiger partial charge on any atom is -0.469 e. The van der Waals surface area contributed by atoms with Gasteiger partial charge in [0.15, 0.2) is 0 Å². The number of nitrogens with one attached hydrogen (secondary N) is 1. The number of methoxy groups -OCH3 is 1. The first-order chi connectivity index (χ1) is 6.76. The van der Waals surface area contributed by atoms with Crippen LogP contribution in [0.2, 0.25) is 0 Å². The van der Waals surface area contributed by atoms with E-state index in [0.29, 0.717) is 6.42 Å². The summed E-state index contributed by atoms with van der Waals surface area (Å²) in [4.78, 5) is 13.5. The smallest absolute Gasteiger partial charge is 0.307 e. The van der Waals surface area contributed by atoms with Crippen LogP contribution in [0.25, 0.3) is 0 Å². The quantitative estimate of drug-likeness (QED) is 0.662. The van der Waals surface area contributed by atoms with E-state index in [9.17, 15) is 4.79 Å². The number of hydrogen-bond donors (Lipinski definition) is 1. The van der Waals surface area contributed by atoms with E-state index in [4.69, 9.17) is 0 Å². The van der Waals surface area contributed by atoms with Gasteiger partial charge in [0.25, 0.3) is 0 Å². The molecule has 1 unspecified atom stereocenters. The molecular weight excluding hydrogens is 180 g/mol. The van der Waals surface area contributed by atoms with Gasteiger partial charge >= 0.3 is 5.97 Å². The maximum atomic E-state index is 11.1. The highest BCUT2D eigenvalue weighted by molar-refractivity contribution is 5.69. The molecule has 1 aliphatic rings. The molecule has 4 heteroatoms. The molecule has 1 rings (SSSR count). The second kappa shape index (κ2) is 5.98. The van der Waals surface area contributed by atoms with Crippen molar-refractivity contribution >= 4 is 5.97 Å². The molecule has 1 saturated heterocycles. The molecule has 0 radical (unpaired) electrons. The number of carbonyl (C=O) groups is 1. The van der Waals surface area contributed by atoms with E-state index in [1.54, 1.807) is 0 Å². The average molecular weight is 200 g/mol. The SMILES string of the molecule is CCN1CCCNC(CC(=O)OC)C1. The molecule has 1 fully saturated rings. The summed E-state index contributed by atoms with van der Waals surface area (Å²) >= 11 is 0. The van der Waals surface area contributed by atoms with E-state index in [2.05, 4.69) is 21.9 Å². The molecule has 14 heavy (non-hydrogen) atoms. The summed E-state index contributed by atoms with van der Waals surface area (Å²) in [7, 11) is 1.44. The van der Waals surface area contributed by atoms with Gasteiger partial charge in [-0.3, -0.25) is 4.79 Å². The van der Waals surface area contributed by atoms with Crippen molar-refractivity contribution in [3.05, 3.63) is 0 Å². The maximum absolute atomic E-state index is 11.1. The molecule has 0 aromatic rings. The number of esters is 1. The molecule has 0 spiro atoms. The summed E-state index contributed by atoms with van der Waals surface area (Å²) in [5, 5.41) is 3.37. The van der Waals surface area contributed by atoms with Gasteiger partial charge in [0, 0.05) is 12.6 Å². The van der Waals surface area contributed by atoms with Gasteiger partial charge in [-0.1, -0.05) is 6.92 Å². The zero-order chi connectivity index (χ0) is 10.4. The van der Waals surface area contributed by atoms with Crippen LogP contribution in [-0.2, 0) is 9.53 Å². The molecule has 1 N–H and O–H groups in total. The van der Waals surface area contributed by atoms with Gasteiger partial charge in [0.2, 0.25) is 0 Å². The molecular formula is C10H20N2O2. The molecule has 0 aromatic carbocycles. The molecule has 4 nitrogen and oxygen atoms in total. The Morgan fingerprint density at radius 2 is 2.43 bits per heavy atom. The Kier molecular flexibility index (Phi) is 4.90. The first kappa shape index (κ1) is 11.5. The highest BCUT2D eigenvalue weighted by Crippen LogP contribution is 2.03. The van der Waals surface area contributed by atoms with Crippen molar-refractivity contribution in [1.29, 1.82) is 0 Å². The molecule has 0 saturated carbocycles. The van der Waals surface area contributed by atoms with Crippen LogP contribution in [-0.4, -0.2) is 50.2 Å². The summed E-state index contributed by atoms with van der Waals surface area (Å²) < 4.78 is 4.67. The van der Waals surface area contributed by atoms with Crippen LogP contribution < -0.4 is 5.32 Å².